The number of thiocarbonyl (C=S) groups is 1. The molecule has 0 spiro atoms. The third-order valence-electron chi connectivity index (χ3n) is 4.72. The van der Waals surface area contributed by atoms with Crippen molar-refractivity contribution < 1.29 is 23.8 Å². The quantitative estimate of drug-likeness (QED) is 0.416. The van der Waals surface area contributed by atoms with Crippen molar-refractivity contribution in [3.05, 3.63) is 88.3 Å². The number of aromatic carboxylic acids is 1. The van der Waals surface area contributed by atoms with Gasteiger partial charge in [-0.1, -0.05) is 41.9 Å². The maximum atomic E-state index is 12.7. The molecule has 31 heavy (non-hydrogen) atoms. The minimum absolute atomic E-state index is 0.0239. The molecule has 1 aliphatic heterocycles. The van der Waals surface area contributed by atoms with E-state index in [0.29, 0.717) is 30.0 Å². The summed E-state index contributed by atoms with van der Waals surface area (Å²) >= 11 is 11.1. The van der Waals surface area contributed by atoms with Crippen molar-refractivity contribution in [2.75, 3.05) is 6.54 Å². The molecular weight excluding hydrogens is 438 g/mol. The number of amides is 1. The molecule has 6 nitrogen and oxygen atoms in total. The van der Waals surface area contributed by atoms with Gasteiger partial charge >= 0.3 is 5.97 Å². The minimum Gasteiger partial charge on any atom is -0.478 e. The second-order valence-electron chi connectivity index (χ2n) is 6.77. The van der Waals surface area contributed by atoms with Gasteiger partial charge in [0.2, 0.25) is 0 Å². The van der Waals surface area contributed by atoms with Gasteiger partial charge < -0.3 is 14.3 Å². The Kier molecular flexibility index (Phi) is 5.88. The van der Waals surface area contributed by atoms with E-state index in [1.165, 1.54) is 23.1 Å². The molecule has 4 rings (SSSR count). The number of carbonyl (C=O) groups excluding carboxylic acids is 1. The molecule has 0 bridgehead atoms. The molecule has 0 radical (unpaired) electrons. The maximum absolute atomic E-state index is 12.7. The molecule has 1 amide bonds. The van der Waals surface area contributed by atoms with Crippen molar-refractivity contribution in [1.82, 2.24) is 4.90 Å². The third-order valence-corrected chi connectivity index (χ3v) is 5.36. The smallest absolute Gasteiger partial charge is 0.337 e. The number of carbonyl (C=O) groups is 2. The lowest BCUT2D eigenvalue weighted by Gasteiger charge is -2.11. The fourth-order valence-electron chi connectivity index (χ4n) is 3.14. The summed E-state index contributed by atoms with van der Waals surface area (Å²) in [6, 6.07) is 17.7. The molecule has 0 aliphatic carbocycles. The zero-order valence-electron chi connectivity index (χ0n) is 16.1. The lowest BCUT2D eigenvalue weighted by atomic mass is 10.1. The van der Waals surface area contributed by atoms with E-state index in [9.17, 15) is 14.7 Å². The Morgan fingerprint density at radius 1 is 1.13 bits per heavy atom. The van der Waals surface area contributed by atoms with Crippen LogP contribution < -0.4 is 0 Å². The molecule has 8 heteroatoms. The highest BCUT2D eigenvalue weighted by molar-refractivity contribution is 7.80. The number of carboxylic acid groups (broad SMARTS) is 1. The van der Waals surface area contributed by atoms with Crippen LogP contribution in [-0.2, 0) is 16.0 Å². The number of furan rings is 1. The van der Waals surface area contributed by atoms with Crippen LogP contribution in [0, 0.1) is 0 Å². The largest absolute Gasteiger partial charge is 0.478 e. The Balaban J connectivity index is 1.50. The van der Waals surface area contributed by atoms with Gasteiger partial charge in [-0.15, -0.1) is 0 Å². The third kappa shape index (κ3) is 4.52. The van der Waals surface area contributed by atoms with Gasteiger partial charge in [0.15, 0.2) is 5.76 Å². The molecule has 1 saturated heterocycles. The Morgan fingerprint density at radius 3 is 2.65 bits per heavy atom. The number of hydrogen-bond donors (Lipinski definition) is 1. The summed E-state index contributed by atoms with van der Waals surface area (Å²) in [4.78, 5) is 25.4. The fraction of sp³-hybridized carbons (Fsp3) is 0.0870. The molecule has 0 saturated carbocycles. The molecule has 3 aromatic rings. The number of halogens is 1. The van der Waals surface area contributed by atoms with Crippen LogP contribution in [0.15, 0.2) is 70.8 Å². The Bertz CT molecular complexity index is 1200. The van der Waals surface area contributed by atoms with Gasteiger partial charge in [0.1, 0.15) is 11.5 Å². The number of nitrogens with zero attached hydrogens (tertiary/aromatic N) is 1. The minimum atomic E-state index is -1.13. The molecule has 1 fully saturated rings. The Labute approximate surface area is 188 Å². The molecular formula is C23H16ClNO5S. The zero-order chi connectivity index (χ0) is 22.0. The summed E-state index contributed by atoms with van der Waals surface area (Å²) in [6.07, 6.45) is 2.12. The van der Waals surface area contributed by atoms with Crippen molar-refractivity contribution in [3.8, 4) is 11.3 Å². The predicted octanol–water partition coefficient (Wildman–Crippen LogP) is 5.03. The number of benzene rings is 2. The summed E-state index contributed by atoms with van der Waals surface area (Å²) < 4.78 is 11.2. The van der Waals surface area contributed by atoms with Gasteiger partial charge in [-0.3, -0.25) is 9.69 Å². The van der Waals surface area contributed by atoms with Crippen LogP contribution >= 0.6 is 23.8 Å². The summed E-state index contributed by atoms with van der Waals surface area (Å²) in [5.74, 6) is -0.590. The van der Waals surface area contributed by atoms with Gasteiger partial charge in [0, 0.05) is 18.2 Å². The fourth-order valence-corrected chi connectivity index (χ4v) is 3.60. The number of hydrogen-bond acceptors (Lipinski definition) is 5. The van der Waals surface area contributed by atoms with E-state index in [1.807, 2.05) is 30.3 Å². The maximum Gasteiger partial charge on any atom is 0.337 e. The van der Waals surface area contributed by atoms with E-state index >= 15 is 0 Å². The highest BCUT2D eigenvalue weighted by Gasteiger charge is 2.33. The molecule has 0 atom stereocenters. The molecule has 2 aromatic carbocycles. The van der Waals surface area contributed by atoms with E-state index in [0.717, 1.165) is 5.56 Å². The monoisotopic (exact) mass is 453 g/mol. The van der Waals surface area contributed by atoms with E-state index in [4.69, 9.17) is 33.0 Å². The predicted molar refractivity (Wildman–Crippen MR) is 120 cm³/mol. The van der Waals surface area contributed by atoms with Crippen LogP contribution in [0.1, 0.15) is 21.7 Å². The summed E-state index contributed by atoms with van der Waals surface area (Å²) in [5.41, 5.74) is 1.62. The highest BCUT2D eigenvalue weighted by atomic mass is 35.5. The SMILES string of the molecule is O=C(O)c1cc(-c2ccc(/C=C3\OC(=S)N(CCc4ccccc4)C3=O)o2)ccc1Cl. The second kappa shape index (κ2) is 8.75. The molecule has 1 N–H and O–H groups in total. The summed E-state index contributed by atoms with van der Waals surface area (Å²) in [6.45, 7) is 0.408. The van der Waals surface area contributed by atoms with Crippen molar-refractivity contribution in [1.29, 1.82) is 0 Å². The van der Waals surface area contributed by atoms with Gasteiger partial charge in [0.25, 0.3) is 11.1 Å². The van der Waals surface area contributed by atoms with Crippen molar-refractivity contribution in [2.45, 2.75) is 6.42 Å². The molecule has 2 heterocycles. The summed E-state index contributed by atoms with van der Waals surface area (Å²) in [7, 11) is 0. The first-order valence-corrected chi connectivity index (χ1v) is 10.1. The lowest BCUT2D eigenvalue weighted by Crippen LogP contribution is -2.30. The van der Waals surface area contributed by atoms with Crippen LogP contribution in [0.3, 0.4) is 0 Å². The Hall–Kier alpha value is -3.42. The van der Waals surface area contributed by atoms with Gasteiger partial charge in [-0.25, -0.2) is 4.79 Å². The topological polar surface area (TPSA) is 80.0 Å². The van der Waals surface area contributed by atoms with Crippen LogP contribution in [0.25, 0.3) is 17.4 Å². The first-order chi connectivity index (χ1) is 14.9. The van der Waals surface area contributed by atoms with Crippen molar-refractivity contribution in [3.63, 3.8) is 0 Å². The van der Waals surface area contributed by atoms with Gasteiger partial charge in [0.05, 0.1) is 10.6 Å². The Morgan fingerprint density at radius 2 is 1.90 bits per heavy atom. The zero-order valence-corrected chi connectivity index (χ0v) is 17.7. The standard InChI is InChI=1S/C23H16ClNO5S/c24-18-8-6-15(12-17(18)22(27)28)19-9-7-16(29-19)13-20-21(26)25(23(31)30-20)11-10-14-4-2-1-3-5-14/h1-9,12-13H,10-11H2,(H,27,28)/b20-13-. The highest BCUT2D eigenvalue weighted by Crippen LogP contribution is 2.28. The normalized spacial score (nSPS) is 14.9. The van der Waals surface area contributed by atoms with Gasteiger partial charge in [-0.2, -0.15) is 0 Å². The van der Waals surface area contributed by atoms with Crippen molar-refractivity contribution in [2.24, 2.45) is 0 Å². The van der Waals surface area contributed by atoms with E-state index in [-0.39, 0.29) is 27.4 Å². The van der Waals surface area contributed by atoms with E-state index in [1.54, 1.807) is 18.2 Å². The van der Waals surface area contributed by atoms with Gasteiger partial charge in [-0.05, 0) is 54.5 Å². The van der Waals surface area contributed by atoms with Crippen LogP contribution in [0.2, 0.25) is 5.02 Å². The number of rotatable bonds is 6. The molecule has 0 unspecified atom stereocenters. The number of ether oxygens (including phenoxy) is 1. The molecule has 1 aromatic heterocycles. The molecule has 156 valence electrons. The number of carboxylic acids is 1. The molecule has 1 aliphatic rings. The van der Waals surface area contributed by atoms with E-state index in [2.05, 4.69) is 0 Å². The first kappa shape index (κ1) is 20.8. The van der Waals surface area contributed by atoms with Crippen LogP contribution in [-0.4, -0.2) is 33.6 Å². The van der Waals surface area contributed by atoms with Crippen molar-refractivity contribution >= 4 is 46.9 Å². The van der Waals surface area contributed by atoms with Crippen LogP contribution in [0.5, 0.6) is 0 Å². The average molecular weight is 454 g/mol. The van der Waals surface area contributed by atoms with Crippen LogP contribution in [0.4, 0.5) is 0 Å². The lowest BCUT2D eigenvalue weighted by molar-refractivity contribution is -0.122. The summed E-state index contributed by atoms with van der Waals surface area (Å²) in [5, 5.41) is 9.47. The first-order valence-electron chi connectivity index (χ1n) is 9.35. The second-order valence-corrected chi connectivity index (χ2v) is 7.53. The average Bonchev–Trinajstić information content (AvgIpc) is 3.32. The van der Waals surface area contributed by atoms with E-state index < -0.39 is 5.97 Å².